The smallest absolute Gasteiger partial charge is 0.231 e. The first kappa shape index (κ1) is 14.3. The molecule has 2 heterocycles. The first-order valence-corrected chi connectivity index (χ1v) is 7.42. The third-order valence-electron chi connectivity index (χ3n) is 2.84. The van der Waals surface area contributed by atoms with Gasteiger partial charge >= 0.3 is 0 Å². The van der Waals surface area contributed by atoms with E-state index in [1.807, 2.05) is 12.3 Å². The van der Waals surface area contributed by atoms with Crippen LogP contribution in [0.5, 0.6) is 11.5 Å². The summed E-state index contributed by atoms with van der Waals surface area (Å²) in [6, 6.07) is 3.49. The van der Waals surface area contributed by atoms with Gasteiger partial charge in [0.15, 0.2) is 11.5 Å². The molecule has 0 saturated carbocycles. The quantitative estimate of drug-likeness (QED) is 0.668. The summed E-state index contributed by atoms with van der Waals surface area (Å²) in [4.78, 5) is 15.6. The largest absolute Gasteiger partial charge is 0.454 e. The summed E-state index contributed by atoms with van der Waals surface area (Å²) >= 11 is 1.47. The summed E-state index contributed by atoms with van der Waals surface area (Å²) < 4.78 is 10.6. The Balaban J connectivity index is 1.83. The normalized spacial score (nSPS) is 12.6. The minimum atomic E-state index is -0.169. The molecular weight excluding hydrogens is 304 g/mol. The maximum Gasteiger partial charge on any atom is 0.231 e. The predicted octanol–water partition coefficient (Wildman–Crippen LogP) is 2.58. The van der Waals surface area contributed by atoms with E-state index in [-0.39, 0.29) is 12.7 Å². The highest BCUT2D eigenvalue weighted by Gasteiger charge is 2.17. The van der Waals surface area contributed by atoms with Gasteiger partial charge in [-0.1, -0.05) is 0 Å². The molecule has 2 aromatic rings. The van der Waals surface area contributed by atoms with Crippen LogP contribution in [0.25, 0.3) is 0 Å². The number of thiazole rings is 1. The fourth-order valence-electron chi connectivity index (χ4n) is 1.92. The zero-order valence-corrected chi connectivity index (χ0v) is 12.9. The van der Waals surface area contributed by atoms with Gasteiger partial charge < -0.3 is 14.8 Å². The number of amides is 1. The van der Waals surface area contributed by atoms with Crippen LogP contribution in [0.15, 0.2) is 22.6 Å². The number of aromatic nitrogens is 1. The molecule has 0 saturated heterocycles. The summed E-state index contributed by atoms with van der Waals surface area (Å²) in [7, 11) is 0. The van der Waals surface area contributed by atoms with Crippen molar-refractivity contribution >= 4 is 34.3 Å². The molecule has 22 heavy (non-hydrogen) atoms. The summed E-state index contributed by atoms with van der Waals surface area (Å²) in [6.45, 7) is 3.53. The molecular formula is C14H14N4O3S. The van der Waals surface area contributed by atoms with Gasteiger partial charge in [0.05, 0.1) is 17.6 Å². The number of anilines is 2. The van der Waals surface area contributed by atoms with Gasteiger partial charge in [0.2, 0.25) is 17.8 Å². The minimum Gasteiger partial charge on any atom is -0.454 e. The van der Waals surface area contributed by atoms with Crippen molar-refractivity contribution in [1.29, 1.82) is 0 Å². The van der Waals surface area contributed by atoms with E-state index in [9.17, 15) is 4.79 Å². The van der Waals surface area contributed by atoms with E-state index in [0.717, 1.165) is 5.69 Å². The number of nitrogens with one attached hydrogen (secondary N) is 2. The number of aryl methyl sites for hydroxylation is 1. The average molecular weight is 318 g/mol. The van der Waals surface area contributed by atoms with Crippen LogP contribution in [0.4, 0.5) is 10.8 Å². The van der Waals surface area contributed by atoms with Crippen LogP contribution in [0, 0.1) is 6.92 Å². The van der Waals surface area contributed by atoms with Crippen molar-refractivity contribution in [3.63, 3.8) is 0 Å². The number of nitrogens with zero attached hydrogens (tertiary/aromatic N) is 2. The van der Waals surface area contributed by atoms with Crippen LogP contribution >= 0.6 is 11.3 Å². The van der Waals surface area contributed by atoms with E-state index in [0.29, 0.717) is 27.9 Å². The molecule has 8 heteroatoms. The van der Waals surface area contributed by atoms with Crippen molar-refractivity contribution in [2.24, 2.45) is 5.10 Å². The number of fused-ring (bicyclic) bond motifs is 1. The van der Waals surface area contributed by atoms with Crippen LogP contribution in [0.1, 0.15) is 18.2 Å². The molecule has 1 amide bonds. The molecule has 7 nitrogen and oxygen atoms in total. The first-order valence-electron chi connectivity index (χ1n) is 6.54. The zero-order valence-electron chi connectivity index (χ0n) is 12.0. The summed E-state index contributed by atoms with van der Waals surface area (Å²) in [5, 5.41) is 9.53. The number of benzene rings is 1. The number of hydrazone groups is 1. The van der Waals surface area contributed by atoms with Crippen LogP contribution in [-0.2, 0) is 4.79 Å². The van der Waals surface area contributed by atoms with Crippen molar-refractivity contribution < 1.29 is 14.3 Å². The fraction of sp³-hybridized carbons (Fsp3) is 0.214. The number of hydrogen-bond acceptors (Lipinski definition) is 7. The molecule has 0 radical (unpaired) electrons. The van der Waals surface area contributed by atoms with Crippen molar-refractivity contribution in [3.8, 4) is 11.5 Å². The summed E-state index contributed by atoms with van der Waals surface area (Å²) in [5.41, 5.74) is 5.11. The van der Waals surface area contributed by atoms with Crippen LogP contribution in [0.2, 0.25) is 0 Å². The Labute approximate surface area is 131 Å². The highest BCUT2D eigenvalue weighted by atomic mass is 32.1. The Morgan fingerprint density at radius 3 is 2.86 bits per heavy atom. The van der Waals surface area contributed by atoms with Crippen LogP contribution in [0.3, 0.4) is 0 Å². The van der Waals surface area contributed by atoms with Crippen LogP contribution in [-0.4, -0.2) is 23.9 Å². The third kappa shape index (κ3) is 3.17. The molecule has 0 fully saturated rings. The number of carbonyl (C=O) groups excluding carboxylic acids is 1. The van der Waals surface area contributed by atoms with Gasteiger partial charge in [-0.2, -0.15) is 5.10 Å². The van der Waals surface area contributed by atoms with Gasteiger partial charge in [-0.3, -0.25) is 10.2 Å². The van der Waals surface area contributed by atoms with Crippen LogP contribution < -0.4 is 20.2 Å². The van der Waals surface area contributed by atoms with Gasteiger partial charge in [-0.05, 0) is 13.0 Å². The Hall–Kier alpha value is -2.61. The van der Waals surface area contributed by atoms with E-state index in [2.05, 4.69) is 20.8 Å². The van der Waals surface area contributed by atoms with Gasteiger partial charge in [-0.25, -0.2) is 4.98 Å². The lowest BCUT2D eigenvalue weighted by Crippen LogP contribution is -2.08. The SMILES string of the molecule is CC(=O)Nc1cc2c(cc1C=NNc1nc(C)cs1)OCO2. The number of carbonyl (C=O) groups is 1. The van der Waals surface area contributed by atoms with Gasteiger partial charge in [0.25, 0.3) is 0 Å². The lowest BCUT2D eigenvalue weighted by molar-refractivity contribution is -0.114. The Morgan fingerprint density at radius 2 is 2.18 bits per heavy atom. The standard InChI is InChI=1S/C14H14N4O3S/c1-8-6-22-14(16-8)18-15-5-10-3-12-13(21-7-20-12)4-11(10)17-9(2)19/h3-6H,7H2,1-2H3,(H,16,18)(H,17,19). The van der Waals surface area contributed by atoms with Gasteiger partial charge in [0, 0.05) is 23.9 Å². The minimum absolute atomic E-state index is 0.169. The number of hydrogen-bond donors (Lipinski definition) is 2. The second-order valence-corrected chi connectivity index (χ2v) is 5.50. The third-order valence-corrected chi connectivity index (χ3v) is 3.70. The van der Waals surface area contributed by atoms with E-state index < -0.39 is 0 Å². The zero-order chi connectivity index (χ0) is 15.5. The van der Waals surface area contributed by atoms with E-state index in [1.165, 1.54) is 18.3 Å². The second-order valence-electron chi connectivity index (χ2n) is 4.64. The lowest BCUT2D eigenvalue weighted by Gasteiger charge is -2.08. The summed E-state index contributed by atoms with van der Waals surface area (Å²) in [6.07, 6.45) is 1.60. The lowest BCUT2D eigenvalue weighted by atomic mass is 10.1. The van der Waals surface area contributed by atoms with Crippen molar-refractivity contribution in [1.82, 2.24) is 4.98 Å². The summed E-state index contributed by atoms with van der Waals surface area (Å²) in [5.74, 6) is 1.06. The number of rotatable bonds is 4. The maximum atomic E-state index is 11.3. The molecule has 0 atom stereocenters. The first-order chi connectivity index (χ1) is 10.6. The maximum absolute atomic E-state index is 11.3. The molecule has 1 aromatic heterocycles. The van der Waals surface area contributed by atoms with Crippen molar-refractivity contribution in [2.45, 2.75) is 13.8 Å². The number of ether oxygens (including phenoxy) is 2. The van der Waals surface area contributed by atoms with E-state index in [4.69, 9.17) is 9.47 Å². The van der Waals surface area contributed by atoms with Crippen molar-refractivity contribution in [3.05, 3.63) is 28.8 Å². The molecule has 1 aromatic carbocycles. The Kier molecular flexibility index (Phi) is 3.92. The molecule has 0 unspecified atom stereocenters. The second kappa shape index (κ2) is 6.02. The molecule has 0 spiro atoms. The average Bonchev–Trinajstić information content (AvgIpc) is 3.07. The Morgan fingerprint density at radius 1 is 1.41 bits per heavy atom. The molecule has 3 rings (SSSR count). The highest BCUT2D eigenvalue weighted by Crippen LogP contribution is 2.36. The van der Waals surface area contributed by atoms with Crippen molar-refractivity contribution in [2.75, 3.05) is 17.5 Å². The molecule has 0 bridgehead atoms. The molecule has 1 aliphatic heterocycles. The molecule has 114 valence electrons. The predicted molar refractivity (Wildman–Crippen MR) is 84.9 cm³/mol. The topological polar surface area (TPSA) is 84.8 Å². The molecule has 1 aliphatic rings. The fourth-order valence-corrected chi connectivity index (χ4v) is 2.56. The highest BCUT2D eigenvalue weighted by molar-refractivity contribution is 7.13. The molecule has 2 N–H and O–H groups in total. The van der Waals surface area contributed by atoms with E-state index in [1.54, 1.807) is 18.3 Å². The van der Waals surface area contributed by atoms with Gasteiger partial charge in [-0.15, -0.1) is 11.3 Å². The monoisotopic (exact) mass is 318 g/mol. The van der Waals surface area contributed by atoms with Gasteiger partial charge in [0.1, 0.15) is 0 Å². The van der Waals surface area contributed by atoms with E-state index >= 15 is 0 Å². The Bertz CT molecular complexity index is 742. The molecule has 0 aliphatic carbocycles.